The van der Waals surface area contributed by atoms with Gasteiger partial charge in [-0.1, -0.05) is 48.5 Å². The van der Waals surface area contributed by atoms with Gasteiger partial charge in [-0.2, -0.15) is 0 Å². The molecule has 0 saturated carbocycles. The molecule has 0 aliphatic carbocycles. The van der Waals surface area contributed by atoms with Crippen LogP contribution in [0.3, 0.4) is 0 Å². The van der Waals surface area contributed by atoms with Crippen LogP contribution in [0.2, 0.25) is 0 Å². The van der Waals surface area contributed by atoms with Crippen molar-refractivity contribution in [1.82, 2.24) is 0 Å². The second kappa shape index (κ2) is 4.53. The normalized spacial score (nSPS) is 22.0. The Balaban J connectivity index is 1.80. The van der Waals surface area contributed by atoms with E-state index >= 15 is 0 Å². The molecule has 0 N–H and O–H groups in total. The molecule has 5 aromatic carbocycles. The first-order valence-electron chi connectivity index (χ1n) is 9.25. The van der Waals surface area contributed by atoms with Crippen LogP contribution in [0.4, 0.5) is 0 Å². The zero-order valence-electron chi connectivity index (χ0n) is 14.2. The lowest BCUT2D eigenvalue weighted by Gasteiger charge is -2.17. The summed E-state index contributed by atoms with van der Waals surface area (Å²) in [6.45, 7) is 1.68. The maximum Gasteiger partial charge on any atom is 0.107 e. The van der Waals surface area contributed by atoms with Gasteiger partial charge in [0.2, 0.25) is 0 Å². The van der Waals surface area contributed by atoms with E-state index in [1.54, 1.807) is 0 Å². The third kappa shape index (κ3) is 1.68. The zero-order chi connectivity index (χ0) is 16.8. The lowest BCUT2D eigenvalue weighted by molar-refractivity contribution is 0.416. The smallest absolute Gasteiger partial charge is 0.107 e. The summed E-state index contributed by atoms with van der Waals surface area (Å²) in [4.78, 5) is 0. The van der Waals surface area contributed by atoms with Crippen molar-refractivity contribution < 1.29 is 9.47 Å². The monoisotopic (exact) mass is 336 g/mol. The van der Waals surface area contributed by atoms with Crippen LogP contribution in [0.1, 0.15) is 23.3 Å². The lowest BCUT2D eigenvalue weighted by Crippen LogP contribution is -1.93. The molecule has 0 aromatic heterocycles. The van der Waals surface area contributed by atoms with E-state index in [2.05, 4.69) is 60.7 Å². The standard InChI is InChI=1S/C24H16O2/c1-3-13-7-8-17(21-12-26-21)24-18-6-2-4-14-9-15(20-11-25-20)10-19(22(14)18)16(5-1)23(13)24/h1-10,20-21H,11-12H2. The fourth-order valence-corrected chi connectivity index (χ4v) is 4.70. The Hall–Kier alpha value is -2.68. The largest absolute Gasteiger partial charge is 0.368 e. The summed E-state index contributed by atoms with van der Waals surface area (Å²) in [5.41, 5.74) is 2.63. The van der Waals surface area contributed by atoms with Crippen LogP contribution in [-0.4, -0.2) is 13.2 Å². The Labute approximate surface area is 150 Å². The molecule has 2 atom stereocenters. The first-order chi connectivity index (χ1) is 12.9. The van der Waals surface area contributed by atoms with Crippen LogP contribution in [0.15, 0.2) is 60.7 Å². The molecule has 124 valence electrons. The molecular weight excluding hydrogens is 320 g/mol. The van der Waals surface area contributed by atoms with Crippen molar-refractivity contribution >= 4 is 43.1 Å². The van der Waals surface area contributed by atoms with Crippen LogP contribution >= 0.6 is 0 Å². The van der Waals surface area contributed by atoms with Gasteiger partial charge in [0.15, 0.2) is 0 Å². The summed E-state index contributed by atoms with van der Waals surface area (Å²) in [5.74, 6) is 0. The molecule has 2 saturated heterocycles. The zero-order valence-corrected chi connectivity index (χ0v) is 14.2. The molecule has 2 aliphatic rings. The average molecular weight is 336 g/mol. The molecule has 0 bridgehead atoms. The van der Waals surface area contributed by atoms with Crippen LogP contribution in [0.25, 0.3) is 43.1 Å². The predicted molar refractivity (Wildman–Crippen MR) is 105 cm³/mol. The first kappa shape index (κ1) is 13.5. The first-order valence-corrected chi connectivity index (χ1v) is 9.25. The highest BCUT2D eigenvalue weighted by Crippen LogP contribution is 2.46. The summed E-state index contributed by atoms with van der Waals surface area (Å²) in [6, 6.07) is 22.5. The molecule has 0 amide bonds. The van der Waals surface area contributed by atoms with Crippen molar-refractivity contribution in [3.63, 3.8) is 0 Å². The minimum atomic E-state index is 0.249. The van der Waals surface area contributed by atoms with Crippen molar-refractivity contribution in [3.8, 4) is 0 Å². The fourth-order valence-electron chi connectivity index (χ4n) is 4.70. The number of hydrogen-bond acceptors (Lipinski definition) is 2. The van der Waals surface area contributed by atoms with Gasteiger partial charge in [0.25, 0.3) is 0 Å². The van der Waals surface area contributed by atoms with Crippen LogP contribution in [0, 0.1) is 0 Å². The highest BCUT2D eigenvalue weighted by atomic mass is 16.6. The minimum Gasteiger partial charge on any atom is -0.368 e. The van der Waals surface area contributed by atoms with Gasteiger partial charge in [-0.25, -0.2) is 0 Å². The summed E-state index contributed by atoms with van der Waals surface area (Å²) in [5, 5.41) is 10.7. The van der Waals surface area contributed by atoms with Gasteiger partial charge in [-0.05, 0) is 66.3 Å². The Kier molecular flexibility index (Phi) is 2.36. The molecule has 2 unspecified atom stereocenters. The van der Waals surface area contributed by atoms with Gasteiger partial charge in [-0.15, -0.1) is 0 Å². The lowest BCUT2D eigenvalue weighted by atomic mass is 9.86. The Bertz CT molecular complexity index is 1340. The summed E-state index contributed by atoms with van der Waals surface area (Å²) in [6.07, 6.45) is 0.518. The summed E-state index contributed by atoms with van der Waals surface area (Å²) in [7, 11) is 0. The van der Waals surface area contributed by atoms with Crippen LogP contribution < -0.4 is 0 Å². The third-order valence-electron chi connectivity index (χ3n) is 6.02. The number of epoxide rings is 2. The van der Waals surface area contributed by atoms with E-state index in [-0.39, 0.29) is 12.2 Å². The van der Waals surface area contributed by atoms with E-state index in [1.807, 2.05) is 0 Å². The van der Waals surface area contributed by atoms with Gasteiger partial charge in [0.1, 0.15) is 12.2 Å². The number of rotatable bonds is 2. The molecule has 0 spiro atoms. The molecule has 26 heavy (non-hydrogen) atoms. The summed E-state index contributed by atoms with van der Waals surface area (Å²) >= 11 is 0. The number of hydrogen-bond donors (Lipinski definition) is 0. The molecule has 2 heterocycles. The topological polar surface area (TPSA) is 25.1 Å². The van der Waals surface area contributed by atoms with E-state index in [9.17, 15) is 0 Å². The molecule has 2 fully saturated rings. The number of fused-ring (bicyclic) bond motifs is 2. The molecule has 5 aromatic rings. The Morgan fingerprint density at radius 2 is 1.38 bits per heavy atom. The second-order valence-corrected chi connectivity index (χ2v) is 7.55. The second-order valence-electron chi connectivity index (χ2n) is 7.55. The van der Waals surface area contributed by atoms with Crippen molar-refractivity contribution in [3.05, 3.63) is 71.8 Å². The number of benzene rings is 5. The van der Waals surface area contributed by atoms with E-state index in [1.165, 1.54) is 54.2 Å². The van der Waals surface area contributed by atoms with E-state index in [0.29, 0.717) is 0 Å². The Morgan fingerprint density at radius 3 is 2.19 bits per heavy atom. The quantitative estimate of drug-likeness (QED) is 0.228. The maximum absolute atomic E-state index is 5.68. The molecule has 2 aliphatic heterocycles. The predicted octanol–water partition coefficient (Wildman–Crippen LogP) is 5.88. The van der Waals surface area contributed by atoms with Crippen LogP contribution in [-0.2, 0) is 9.47 Å². The van der Waals surface area contributed by atoms with Gasteiger partial charge in [-0.3, -0.25) is 0 Å². The highest BCUT2D eigenvalue weighted by molar-refractivity contribution is 6.33. The summed E-state index contributed by atoms with van der Waals surface area (Å²) < 4.78 is 11.3. The van der Waals surface area contributed by atoms with E-state index in [4.69, 9.17) is 9.47 Å². The maximum atomic E-state index is 5.68. The molecular formula is C24H16O2. The van der Waals surface area contributed by atoms with Crippen molar-refractivity contribution in [2.24, 2.45) is 0 Å². The van der Waals surface area contributed by atoms with Crippen molar-refractivity contribution in [2.45, 2.75) is 12.2 Å². The Morgan fingerprint density at radius 1 is 0.615 bits per heavy atom. The fraction of sp³-hybridized carbons (Fsp3) is 0.167. The SMILES string of the molecule is c1cc2cc(C3CO3)cc3c4cccc5ccc(C6CO6)c(c(c1)c23)c54. The number of ether oxygens (including phenoxy) is 2. The van der Waals surface area contributed by atoms with Crippen LogP contribution in [0.5, 0.6) is 0 Å². The van der Waals surface area contributed by atoms with Crippen molar-refractivity contribution in [2.75, 3.05) is 13.2 Å². The van der Waals surface area contributed by atoms with Crippen molar-refractivity contribution in [1.29, 1.82) is 0 Å². The molecule has 0 radical (unpaired) electrons. The minimum absolute atomic E-state index is 0.249. The van der Waals surface area contributed by atoms with E-state index in [0.717, 1.165) is 13.2 Å². The third-order valence-corrected chi connectivity index (χ3v) is 6.02. The van der Waals surface area contributed by atoms with Gasteiger partial charge < -0.3 is 9.47 Å². The molecule has 2 heteroatoms. The van der Waals surface area contributed by atoms with E-state index < -0.39 is 0 Å². The molecule has 2 nitrogen and oxygen atoms in total. The molecule has 7 rings (SSSR count). The highest BCUT2D eigenvalue weighted by Gasteiger charge is 2.29. The van der Waals surface area contributed by atoms with Gasteiger partial charge >= 0.3 is 0 Å². The van der Waals surface area contributed by atoms with Gasteiger partial charge in [0.05, 0.1) is 13.2 Å². The van der Waals surface area contributed by atoms with Gasteiger partial charge in [0, 0.05) is 0 Å². The average Bonchev–Trinajstić information content (AvgIpc) is 3.57.